The number of hydrogen-bond acceptors (Lipinski definition) is 3. The van der Waals surface area contributed by atoms with Crippen molar-refractivity contribution in [3.05, 3.63) is 60.4 Å². The minimum absolute atomic E-state index is 0.0635. The Morgan fingerprint density at radius 3 is 2.70 bits per heavy atom. The molecule has 0 atom stereocenters. The van der Waals surface area contributed by atoms with Crippen LogP contribution in [0.5, 0.6) is 11.5 Å². The fourth-order valence-electron chi connectivity index (χ4n) is 3.83. The Morgan fingerprint density at radius 2 is 1.90 bits per heavy atom. The van der Waals surface area contributed by atoms with Crippen LogP contribution < -0.4 is 9.47 Å². The average Bonchev–Trinajstić information content (AvgIpc) is 3.36. The zero-order valence-corrected chi connectivity index (χ0v) is 17.1. The maximum Gasteiger partial charge on any atom is 0.323 e. The Bertz CT molecular complexity index is 1160. The molecule has 0 bridgehead atoms. The second kappa shape index (κ2) is 8.95. The van der Waals surface area contributed by atoms with Gasteiger partial charge in [-0.3, -0.25) is 4.79 Å². The molecule has 156 valence electrons. The molecule has 30 heavy (non-hydrogen) atoms. The standard InChI is InChI=1S/C24H26N2O4/c1-2-5-19-22(9-8-17-10-12-25-24(17)19)30-15-4-14-29-21-7-3-6-20-18(21)11-13-26(20)16-23(27)28/h3,6-13,25H,2,4-5,14-16H2,1H3,(H,27,28). The highest BCUT2D eigenvalue weighted by atomic mass is 16.5. The van der Waals surface area contributed by atoms with E-state index in [4.69, 9.17) is 14.6 Å². The lowest BCUT2D eigenvalue weighted by Gasteiger charge is -2.13. The summed E-state index contributed by atoms with van der Waals surface area (Å²) >= 11 is 0. The molecule has 0 fully saturated rings. The number of nitrogens with one attached hydrogen (secondary N) is 1. The second-order valence-corrected chi connectivity index (χ2v) is 7.31. The van der Waals surface area contributed by atoms with Gasteiger partial charge in [-0.1, -0.05) is 19.4 Å². The van der Waals surface area contributed by atoms with E-state index in [0.29, 0.717) is 13.2 Å². The van der Waals surface area contributed by atoms with Gasteiger partial charge in [0, 0.05) is 29.8 Å². The minimum atomic E-state index is -0.865. The maximum atomic E-state index is 11.0. The molecule has 4 aromatic rings. The normalized spacial score (nSPS) is 11.2. The molecule has 4 rings (SSSR count). The molecule has 2 heterocycles. The molecule has 6 heteroatoms. The van der Waals surface area contributed by atoms with Gasteiger partial charge in [0.1, 0.15) is 18.0 Å². The summed E-state index contributed by atoms with van der Waals surface area (Å²) in [5.74, 6) is 0.826. The Kier molecular flexibility index (Phi) is 5.93. The van der Waals surface area contributed by atoms with Gasteiger partial charge in [-0.05, 0) is 48.2 Å². The fourth-order valence-corrected chi connectivity index (χ4v) is 3.83. The second-order valence-electron chi connectivity index (χ2n) is 7.31. The van der Waals surface area contributed by atoms with Crippen LogP contribution in [0.2, 0.25) is 0 Å². The summed E-state index contributed by atoms with van der Waals surface area (Å²) in [5.41, 5.74) is 3.24. The molecule has 6 nitrogen and oxygen atoms in total. The first kappa shape index (κ1) is 19.9. The molecule has 0 unspecified atom stereocenters. The third-order valence-corrected chi connectivity index (χ3v) is 5.18. The highest BCUT2D eigenvalue weighted by molar-refractivity contribution is 5.87. The van der Waals surface area contributed by atoms with E-state index in [0.717, 1.165) is 47.2 Å². The summed E-state index contributed by atoms with van der Waals surface area (Å²) in [6.07, 6.45) is 6.52. The Labute approximate surface area is 175 Å². The van der Waals surface area contributed by atoms with Crippen LogP contribution in [0.3, 0.4) is 0 Å². The Morgan fingerprint density at radius 1 is 1.07 bits per heavy atom. The molecular weight excluding hydrogens is 380 g/mol. The first-order chi connectivity index (χ1) is 14.7. The fraction of sp³-hybridized carbons (Fsp3) is 0.292. The molecule has 0 aliphatic rings. The zero-order chi connectivity index (χ0) is 20.9. The van der Waals surface area contributed by atoms with Crippen molar-refractivity contribution in [1.82, 2.24) is 9.55 Å². The summed E-state index contributed by atoms with van der Waals surface area (Å²) in [4.78, 5) is 14.3. The molecule has 0 saturated carbocycles. The van der Waals surface area contributed by atoms with E-state index in [-0.39, 0.29) is 6.54 Å². The highest BCUT2D eigenvalue weighted by Gasteiger charge is 2.10. The predicted octanol–water partition coefficient (Wildman–Crippen LogP) is 5.01. The van der Waals surface area contributed by atoms with E-state index in [9.17, 15) is 4.79 Å². The predicted molar refractivity (Wildman–Crippen MR) is 117 cm³/mol. The van der Waals surface area contributed by atoms with Gasteiger partial charge in [0.2, 0.25) is 0 Å². The highest BCUT2D eigenvalue weighted by Crippen LogP contribution is 2.29. The number of carboxylic acids is 1. The number of aromatic nitrogens is 2. The summed E-state index contributed by atoms with van der Waals surface area (Å²) < 4.78 is 13.7. The summed E-state index contributed by atoms with van der Waals surface area (Å²) in [7, 11) is 0. The van der Waals surface area contributed by atoms with Crippen molar-refractivity contribution in [2.24, 2.45) is 0 Å². The summed E-state index contributed by atoms with van der Waals surface area (Å²) in [5, 5.41) is 11.2. The lowest BCUT2D eigenvalue weighted by atomic mass is 10.1. The number of aliphatic carboxylic acids is 1. The molecule has 0 aliphatic carbocycles. The number of aryl methyl sites for hydroxylation is 1. The number of nitrogens with zero attached hydrogens (tertiary/aromatic N) is 1. The van der Waals surface area contributed by atoms with Gasteiger partial charge in [-0.15, -0.1) is 0 Å². The minimum Gasteiger partial charge on any atom is -0.493 e. The number of fused-ring (bicyclic) bond motifs is 2. The molecule has 0 amide bonds. The third-order valence-electron chi connectivity index (χ3n) is 5.18. The number of ether oxygens (including phenoxy) is 2. The summed E-state index contributed by atoms with van der Waals surface area (Å²) in [6, 6.07) is 13.8. The first-order valence-electron chi connectivity index (χ1n) is 10.3. The topological polar surface area (TPSA) is 76.5 Å². The van der Waals surface area contributed by atoms with Gasteiger partial charge in [0.25, 0.3) is 0 Å². The molecule has 0 radical (unpaired) electrons. The average molecular weight is 406 g/mol. The van der Waals surface area contributed by atoms with Gasteiger partial charge in [0.05, 0.1) is 24.2 Å². The number of benzene rings is 2. The monoisotopic (exact) mass is 406 g/mol. The van der Waals surface area contributed by atoms with Gasteiger partial charge >= 0.3 is 5.97 Å². The van der Waals surface area contributed by atoms with Crippen molar-refractivity contribution in [1.29, 1.82) is 0 Å². The quantitative estimate of drug-likeness (QED) is 0.363. The number of hydrogen-bond donors (Lipinski definition) is 2. The number of carboxylic acid groups (broad SMARTS) is 1. The van der Waals surface area contributed by atoms with Crippen molar-refractivity contribution >= 4 is 27.8 Å². The van der Waals surface area contributed by atoms with E-state index in [1.165, 1.54) is 10.9 Å². The largest absolute Gasteiger partial charge is 0.493 e. The van der Waals surface area contributed by atoms with E-state index < -0.39 is 5.97 Å². The van der Waals surface area contributed by atoms with Crippen LogP contribution in [0.1, 0.15) is 25.3 Å². The van der Waals surface area contributed by atoms with Crippen LogP contribution in [0.25, 0.3) is 21.8 Å². The number of H-pyrrole nitrogens is 1. The van der Waals surface area contributed by atoms with Crippen LogP contribution in [0, 0.1) is 0 Å². The Balaban J connectivity index is 1.36. The van der Waals surface area contributed by atoms with Crippen molar-refractivity contribution < 1.29 is 19.4 Å². The van der Waals surface area contributed by atoms with Crippen molar-refractivity contribution in [2.75, 3.05) is 13.2 Å². The van der Waals surface area contributed by atoms with Crippen molar-refractivity contribution in [3.63, 3.8) is 0 Å². The maximum absolute atomic E-state index is 11.0. The first-order valence-corrected chi connectivity index (χ1v) is 10.3. The van der Waals surface area contributed by atoms with E-state index in [1.54, 1.807) is 10.8 Å². The van der Waals surface area contributed by atoms with Gasteiger partial charge in [-0.25, -0.2) is 0 Å². The lowest BCUT2D eigenvalue weighted by molar-refractivity contribution is -0.137. The lowest BCUT2D eigenvalue weighted by Crippen LogP contribution is -2.07. The summed E-state index contributed by atoms with van der Waals surface area (Å²) in [6.45, 7) is 3.20. The molecule has 0 aliphatic heterocycles. The number of aromatic amines is 1. The van der Waals surface area contributed by atoms with Crippen LogP contribution in [-0.2, 0) is 17.8 Å². The molecule has 2 aromatic heterocycles. The van der Waals surface area contributed by atoms with Crippen molar-refractivity contribution in [2.45, 2.75) is 32.7 Å². The zero-order valence-electron chi connectivity index (χ0n) is 17.1. The molecular formula is C24H26N2O4. The Hall–Kier alpha value is -3.41. The van der Waals surface area contributed by atoms with Crippen molar-refractivity contribution in [3.8, 4) is 11.5 Å². The van der Waals surface area contributed by atoms with E-state index in [2.05, 4.69) is 24.0 Å². The SMILES string of the molecule is CCCc1c(OCCCOc2cccc3c2ccn3CC(=O)O)ccc2cc[nH]c12. The van der Waals surface area contributed by atoms with E-state index in [1.807, 2.05) is 36.5 Å². The van der Waals surface area contributed by atoms with Gasteiger partial charge in [0.15, 0.2) is 0 Å². The number of rotatable bonds is 10. The number of carbonyl (C=O) groups is 1. The smallest absolute Gasteiger partial charge is 0.323 e. The molecule has 0 saturated heterocycles. The molecule has 2 aromatic carbocycles. The van der Waals surface area contributed by atoms with Crippen LogP contribution in [0.15, 0.2) is 54.9 Å². The third kappa shape index (κ3) is 4.13. The van der Waals surface area contributed by atoms with Gasteiger partial charge < -0.3 is 24.1 Å². The molecule has 2 N–H and O–H groups in total. The van der Waals surface area contributed by atoms with Gasteiger partial charge in [-0.2, -0.15) is 0 Å². The van der Waals surface area contributed by atoms with E-state index >= 15 is 0 Å². The van der Waals surface area contributed by atoms with Crippen LogP contribution >= 0.6 is 0 Å². The van der Waals surface area contributed by atoms with Crippen LogP contribution in [0.4, 0.5) is 0 Å². The van der Waals surface area contributed by atoms with Crippen LogP contribution in [-0.4, -0.2) is 33.8 Å². The molecule has 0 spiro atoms.